The fourth-order valence-corrected chi connectivity index (χ4v) is 4.38. The number of benzene rings is 1. The highest BCUT2D eigenvalue weighted by molar-refractivity contribution is 5.95. The van der Waals surface area contributed by atoms with Crippen molar-refractivity contribution >= 4 is 11.7 Å². The molecule has 2 fully saturated rings. The second-order valence-electron chi connectivity index (χ2n) is 8.79. The number of piperazine rings is 1. The van der Waals surface area contributed by atoms with Gasteiger partial charge >= 0.3 is 0 Å². The molecular formula is C25H35N5O. The van der Waals surface area contributed by atoms with Crippen LogP contribution in [-0.2, 0) is 0 Å². The molecule has 0 atom stereocenters. The van der Waals surface area contributed by atoms with Gasteiger partial charge in [-0.25, -0.2) is 4.98 Å². The van der Waals surface area contributed by atoms with E-state index in [0.717, 1.165) is 62.8 Å². The molecule has 1 N–H and O–H groups in total. The molecule has 0 unspecified atom stereocenters. The minimum atomic E-state index is -0.00914. The molecule has 6 nitrogen and oxygen atoms in total. The molecule has 6 heteroatoms. The Kier molecular flexibility index (Phi) is 7.54. The summed E-state index contributed by atoms with van der Waals surface area (Å²) in [7, 11) is 2.16. The van der Waals surface area contributed by atoms with Crippen LogP contribution in [0.25, 0.3) is 11.1 Å². The van der Waals surface area contributed by atoms with Crippen LogP contribution < -0.4 is 10.2 Å². The summed E-state index contributed by atoms with van der Waals surface area (Å²) >= 11 is 0. The third-order valence-corrected chi connectivity index (χ3v) is 6.45. The number of hydrogen-bond donors (Lipinski definition) is 1. The van der Waals surface area contributed by atoms with E-state index >= 15 is 0 Å². The third kappa shape index (κ3) is 6.05. The fourth-order valence-electron chi connectivity index (χ4n) is 4.38. The van der Waals surface area contributed by atoms with Crippen molar-refractivity contribution in [2.45, 2.75) is 25.7 Å². The molecule has 2 aromatic rings. The van der Waals surface area contributed by atoms with Gasteiger partial charge in [0.25, 0.3) is 5.91 Å². The molecule has 2 saturated heterocycles. The number of amides is 1. The molecule has 1 amide bonds. The molecule has 0 radical (unpaired) electrons. The van der Waals surface area contributed by atoms with Crippen molar-refractivity contribution in [2.24, 2.45) is 0 Å². The predicted molar refractivity (Wildman–Crippen MR) is 127 cm³/mol. The van der Waals surface area contributed by atoms with Crippen LogP contribution in [0.15, 0.2) is 42.6 Å². The Bertz CT molecular complexity index is 837. The van der Waals surface area contributed by atoms with Gasteiger partial charge in [-0.2, -0.15) is 0 Å². The first kappa shape index (κ1) is 21.8. The van der Waals surface area contributed by atoms with Crippen LogP contribution >= 0.6 is 0 Å². The van der Waals surface area contributed by atoms with Crippen LogP contribution in [0, 0.1) is 0 Å². The van der Waals surface area contributed by atoms with Crippen molar-refractivity contribution in [1.29, 1.82) is 0 Å². The maximum Gasteiger partial charge on any atom is 0.251 e. The van der Waals surface area contributed by atoms with E-state index in [4.69, 9.17) is 4.98 Å². The molecule has 0 saturated carbocycles. The van der Waals surface area contributed by atoms with Crippen LogP contribution in [0.5, 0.6) is 0 Å². The number of nitrogens with zero attached hydrogens (tertiary/aromatic N) is 4. The van der Waals surface area contributed by atoms with Crippen LogP contribution in [0.4, 0.5) is 5.82 Å². The van der Waals surface area contributed by atoms with E-state index in [-0.39, 0.29) is 5.91 Å². The average Bonchev–Trinajstić information content (AvgIpc) is 3.10. The molecule has 3 heterocycles. The van der Waals surface area contributed by atoms with Gasteiger partial charge in [-0.15, -0.1) is 0 Å². The minimum Gasteiger partial charge on any atom is -0.357 e. The molecule has 1 aromatic carbocycles. The third-order valence-electron chi connectivity index (χ3n) is 6.45. The highest BCUT2D eigenvalue weighted by atomic mass is 16.1. The first-order valence-electron chi connectivity index (χ1n) is 11.7. The summed E-state index contributed by atoms with van der Waals surface area (Å²) in [6.45, 7) is 8.11. The van der Waals surface area contributed by atoms with Gasteiger partial charge in [-0.3, -0.25) is 9.69 Å². The van der Waals surface area contributed by atoms with E-state index in [1.165, 1.54) is 25.7 Å². The number of likely N-dealkylation sites (N-methyl/N-ethyl adjacent to an activating group) is 1. The average molecular weight is 422 g/mol. The normalized spacial score (nSPS) is 18.5. The van der Waals surface area contributed by atoms with Crippen molar-refractivity contribution in [1.82, 2.24) is 20.1 Å². The van der Waals surface area contributed by atoms with Gasteiger partial charge < -0.3 is 15.1 Å². The lowest BCUT2D eigenvalue weighted by molar-refractivity contribution is 0.0941. The van der Waals surface area contributed by atoms with Gasteiger partial charge in [0.1, 0.15) is 5.82 Å². The van der Waals surface area contributed by atoms with E-state index in [0.29, 0.717) is 12.1 Å². The lowest BCUT2D eigenvalue weighted by Crippen LogP contribution is -2.46. The Labute approximate surface area is 186 Å². The van der Waals surface area contributed by atoms with Crippen molar-refractivity contribution in [2.75, 3.05) is 64.3 Å². The molecule has 0 aliphatic carbocycles. The molecule has 0 bridgehead atoms. The monoisotopic (exact) mass is 421 g/mol. The quantitative estimate of drug-likeness (QED) is 0.777. The molecule has 166 valence electrons. The van der Waals surface area contributed by atoms with Crippen LogP contribution in [-0.4, -0.2) is 80.1 Å². The van der Waals surface area contributed by atoms with Gasteiger partial charge in [-0.1, -0.05) is 25.0 Å². The molecular weight excluding hydrogens is 386 g/mol. The van der Waals surface area contributed by atoms with Gasteiger partial charge in [0, 0.05) is 69.7 Å². The number of carbonyl (C=O) groups is 1. The van der Waals surface area contributed by atoms with Gasteiger partial charge in [0.2, 0.25) is 0 Å². The summed E-state index contributed by atoms with van der Waals surface area (Å²) < 4.78 is 0. The first-order chi connectivity index (χ1) is 15.2. The maximum absolute atomic E-state index is 12.7. The summed E-state index contributed by atoms with van der Waals surface area (Å²) in [5, 5.41) is 3.08. The zero-order chi connectivity index (χ0) is 21.5. The predicted octanol–water partition coefficient (Wildman–Crippen LogP) is 3.11. The molecule has 0 spiro atoms. The number of rotatable bonds is 6. The van der Waals surface area contributed by atoms with E-state index in [2.05, 4.69) is 39.2 Å². The summed E-state index contributed by atoms with van der Waals surface area (Å²) in [5.74, 6) is 1.05. The van der Waals surface area contributed by atoms with E-state index < -0.39 is 0 Å². The van der Waals surface area contributed by atoms with E-state index in [1.807, 2.05) is 30.5 Å². The number of pyridine rings is 1. The number of nitrogens with one attached hydrogen (secondary N) is 1. The summed E-state index contributed by atoms with van der Waals surface area (Å²) in [5.41, 5.74) is 2.78. The zero-order valence-corrected chi connectivity index (χ0v) is 18.7. The van der Waals surface area contributed by atoms with Crippen LogP contribution in [0.3, 0.4) is 0 Å². The Morgan fingerprint density at radius 3 is 2.42 bits per heavy atom. The van der Waals surface area contributed by atoms with Crippen molar-refractivity contribution in [3.8, 4) is 11.1 Å². The largest absolute Gasteiger partial charge is 0.357 e. The summed E-state index contributed by atoms with van der Waals surface area (Å²) in [6, 6.07) is 12.1. The van der Waals surface area contributed by atoms with Gasteiger partial charge in [-0.05, 0) is 49.7 Å². The first-order valence-corrected chi connectivity index (χ1v) is 11.7. The topological polar surface area (TPSA) is 51.7 Å². The molecule has 1 aromatic heterocycles. The second kappa shape index (κ2) is 10.7. The van der Waals surface area contributed by atoms with Gasteiger partial charge in [0.05, 0.1) is 0 Å². The Balaban J connectivity index is 1.33. The zero-order valence-electron chi connectivity index (χ0n) is 18.7. The van der Waals surface area contributed by atoms with E-state index in [1.54, 1.807) is 0 Å². The van der Waals surface area contributed by atoms with Crippen molar-refractivity contribution in [3.05, 3.63) is 48.2 Å². The Hall–Kier alpha value is -2.44. The maximum atomic E-state index is 12.7. The minimum absolute atomic E-state index is 0.00914. The summed E-state index contributed by atoms with van der Waals surface area (Å²) in [6.07, 6.45) is 7.06. The SMILES string of the molecule is CN1CCN(CCNC(=O)c2cccc(-c3ccc(N4CCCCCC4)nc3)c2)CC1. The second-order valence-corrected chi connectivity index (χ2v) is 8.79. The lowest BCUT2D eigenvalue weighted by atomic mass is 10.0. The number of anilines is 1. The Morgan fingerprint density at radius 2 is 1.71 bits per heavy atom. The van der Waals surface area contributed by atoms with Crippen molar-refractivity contribution < 1.29 is 4.79 Å². The van der Waals surface area contributed by atoms with Crippen LogP contribution in [0.1, 0.15) is 36.0 Å². The number of carbonyl (C=O) groups excluding carboxylic acids is 1. The van der Waals surface area contributed by atoms with Crippen LogP contribution in [0.2, 0.25) is 0 Å². The van der Waals surface area contributed by atoms with E-state index in [9.17, 15) is 4.79 Å². The molecule has 2 aliphatic heterocycles. The number of aromatic nitrogens is 1. The smallest absolute Gasteiger partial charge is 0.251 e. The lowest BCUT2D eigenvalue weighted by Gasteiger charge is -2.32. The fraction of sp³-hybridized carbons (Fsp3) is 0.520. The molecule has 2 aliphatic rings. The van der Waals surface area contributed by atoms with Gasteiger partial charge in [0.15, 0.2) is 0 Å². The highest BCUT2D eigenvalue weighted by Gasteiger charge is 2.14. The Morgan fingerprint density at radius 1 is 0.935 bits per heavy atom. The summed E-state index contributed by atoms with van der Waals surface area (Å²) in [4.78, 5) is 24.5. The molecule has 4 rings (SSSR count). The van der Waals surface area contributed by atoms with Crippen molar-refractivity contribution in [3.63, 3.8) is 0 Å². The molecule has 31 heavy (non-hydrogen) atoms. The standard InChI is InChI=1S/C25H35N5O/c1-28-15-17-29(18-16-28)14-11-26-25(31)22-8-6-7-21(19-22)23-9-10-24(27-20-23)30-12-4-2-3-5-13-30/h6-10,19-20H,2-5,11-18H2,1H3,(H,26,31). The highest BCUT2D eigenvalue weighted by Crippen LogP contribution is 2.23. The number of hydrogen-bond acceptors (Lipinski definition) is 5.